The van der Waals surface area contributed by atoms with E-state index in [9.17, 15) is 0 Å². The zero-order valence-corrected chi connectivity index (χ0v) is 12.2. The molecule has 0 aliphatic carbocycles. The number of hydrogen-bond acceptors (Lipinski definition) is 5. The van der Waals surface area contributed by atoms with Gasteiger partial charge >= 0.3 is 0 Å². The Kier molecular flexibility index (Phi) is 3.38. The van der Waals surface area contributed by atoms with Crippen LogP contribution in [0, 0.1) is 0 Å². The van der Waals surface area contributed by atoms with Crippen molar-refractivity contribution in [3.05, 3.63) is 40.7 Å². The normalized spacial score (nSPS) is 10.7. The molecule has 20 heavy (non-hydrogen) atoms. The molecule has 0 aliphatic heterocycles. The molecule has 0 amide bonds. The molecule has 0 unspecified atom stereocenters. The molecule has 102 valence electrons. The number of benzene rings is 1. The minimum absolute atomic E-state index is 0.282. The maximum atomic E-state index is 6.07. The van der Waals surface area contributed by atoms with Gasteiger partial charge in [-0.2, -0.15) is 0 Å². The Labute approximate surface area is 124 Å². The Morgan fingerprint density at radius 1 is 1.35 bits per heavy atom. The summed E-state index contributed by atoms with van der Waals surface area (Å²) in [6, 6.07) is 9.26. The van der Waals surface area contributed by atoms with Gasteiger partial charge in [-0.3, -0.25) is 0 Å². The highest BCUT2D eigenvalue weighted by molar-refractivity contribution is 7.13. The SMILES string of the molecule is COc1ccc(Cl)cc1-c1noc(N)c1-c1cccs1. The molecule has 2 aromatic heterocycles. The second-order valence-electron chi connectivity index (χ2n) is 4.09. The van der Waals surface area contributed by atoms with E-state index in [0.717, 1.165) is 16.0 Å². The van der Waals surface area contributed by atoms with Crippen LogP contribution in [0.15, 0.2) is 40.2 Å². The molecule has 1 aromatic carbocycles. The van der Waals surface area contributed by atoms with Crippen molar-refractivity contribution < 1.29 is 9.26 Å². The zero-order chi connectivity index (χ0) is 14.1. The van der Waals surface area contributed by atoms with Crippen molar-refractivity contribution >= 4 is 28.8 Å². The van der Waals surface area contributed by atoms with E-state index < -0.39 is 0 Å². The summed E-state index contributed by atoms with van der Waals surface area (Å²) < 4.78 is 10.5. The van der Waals surface area contributed by atoms with Gasteiger partial charge in [0.2, 0.25) is 5.88 Å². The summed E-state index contributed by atoms with van der Waals surface area (Å²) in [6.07, 6.45) is 0. The highest BCUT2D eigenvalue weighted by Gasteiger charge is 2.21. The van der Waals surface area contributed by atoms with Crippen LogP contribution >= 0.6 is 22.9 Å². The van der Waals surface area contributed by atoms with Crippen molar-refractivity contribution in [3.8, 4) is 27.4 Å². The molecule has 0 fully saturated rings. The lowest BCUT2D eigenvalue weighted by Gasteiger charge is -2.07. The van der Waals surface area contributed by atoms with Gasteiger partial charge in [0.05, 0.1) is 12.7 Å². The van der Waals surface area contributed by atoms with E-state index in [1.807, 2.05) is 17.5 Å². The highest BCUT2D eigenvalue weighted by atomic mass is 35.5. The number of rotatable bonds is 3. The van der Waals surface area contributed by atoms with Crippen molar-refractivity contribution in [2.45, 2.75) is 0 Å². The third-order valence-corrected chi connectivity index (χ3v) is 4.03. The maximum Gasteiger partial charge on any atom is 0.231 e. The van der Waals surface area contributed by atoms with E-state index in [0.29, 0.717) is 16.5 Å². The van der Waals surface area contributed by atoms with E-state index >= 15 is 0 Å². The molecule has 3 aromatic rings. The van der Waals surface area contributed by atoms with E-state index in [4.69, 9.17) is 26.6 Å². The summed E-state index contributed by atoms with van der Waals surface area (Å²) >= 11 is 7.63. The molecule has 0 bridgehead atoms. The summed E-state index contributed by atoms with van der Waals surface area (Å²) in [5.74, 6) is 0.949. The summed E-state index contributed by atoms with van der Waals surface area (Å²) in [7, 11) is 1.60. The molecule has 3 rings (SSSR count). The second-order valence-corrected chi connectivity index (χ2v) is 5.48. The first-order valence-electron chi connectivity index (χ1n) is 5.83. The molecule has 0 atom stereocenters. The number of nitrogen functional groups attached to an aromatic ring is 1. The number of anilines is 1. The third kappa shape index (κ3) is 2.15. The minimum Gasteiger partial charge on any atom is -0.496 e. The average Bonchev–Trinajstić information content (AvgIpc) is 3.07. The fraction of sp³-hybridized carbons (Fsp3) is 0.0714. The van der Waals surface area contributed by atoms with Gasteiger partial charge < -0.3 is 15.0 Å². The quantitative estimate of drug-likeness (QED) is 0.783. The van der Waals surface area contributed by atoms with Gasteiger partial charge in [0.1, 0.15) is 11.4 Å². The van der Waals surface area contributed by atoms with Gasteiger partial charge in [-0.25, -0.2) is 0 Å². The standard InChI is InChI=1S/C14H11ClN2O2S/c1-18-10-5-4-8(15)7-9(10)13-12(14(16)19-17-13)11-3-2-6-20-11/h2-7H,16H2,1H3. The maximum absolute atomic E-state index is 6.07. The summed E-state index contributed by atoms with van der Waals surface area (Å²) in [5, 5.41) is 6.63. The Balaban J connectivity index is 2.24. The topological polar surface area (TPSA) is 61.3 Å². The number of thiophene rings is 1. The van der Waals surface area contributed by atoms with Crippen molar-refractivity contribution in [3.63, 3.8) is 0 Å². The van der Waals surface area contributed by atoms with Crippen LogP contribution in [0.3, 0.4) is 0 Å². The summed E-state index contributed by atoms with van der Waals surface area (Å²) in [6.45, 7) is 0. The summed E-state index contributed by atoms with van der Waals surface area (Å²) in [5.41, 5.74) is 8.05. The molecule has 0 spiro atoms. The average molecular weight is 307 g/mol. The van der Waals surface area contributed by atoms with Crippen molar-refractivity contribution in [1.82, 2.24) is 5.16 Å². The van der Waals surface area contributed by atoms with E-state index in [-0.39, 0.29) is 5.88 Å². The van der Waals surface area contributed by atoms with Gasteiger partial charge in [0, 0.05) is 15.5 Å². The van der Waals surface area contributed by atoms with Crippen LogP contribution in [-0.2, 0) is 0 Å². The van der Waals surface area contributed by atoms with Gasteiger partial charge in [0.25, 0.3) is 0 Å². The molecular weight excluding hydrogens is 296 g/mol. The van der Waals surface area contributed by atoms with Gasteiger partial charge in [-0.15, -0.1) is 11.3 Å². The molecular formula is C14H11ClN2O2S. The zero-order valence-electron chi connectivity index (χ0n) is 10.6. The van der Waals surface area contributed by atoms with Gasteiger partial charge in [0.15, 0.2) is 0 Å². The first-order chi connectivity index (χ1) is 9.70. The van der Waals surface area contributed by atoms with Gasteiger partial charge in [-0.05, 0) is 29.6 Å². The van der Waals surface area contributed by atoms with E-state index in [1.54, 1.807) is 36.6 Å². The van der Waals surface area contributed by atoms with Crippen LogP contribution in [0.2, 0.25) is 5.02 Å². The van der Waals surface area contributed by atoms with Crippen molar-refractivity contribution in [2.75, 3.05) is 12.8 Å². The van der Waals surface area contributed by atoms with Crippen molar-refractivity contribution in [1.29, 1.82) is 0 Å². The van der Waals surface area contributed by atoms with Crippen LogP contribution in [0.1, 0.15) is 0 Å². The second kappa shape index (κ2) is 5.19. The number of methoxy groups -OCH3 is 1. The fourth-order valence-electron chi connectivity index (χ4n) is 2.01. The van der Waals surface area contributed by atoms with Crippen LogP contribution < -0.4 is 10.5 Å². The molecule has 0 saturated carbocycles. The molecule has 0 radical (unpaired) electrons. The Morgan fingerprint density at radius 2 is 2.20 bits per heavy atom. The van der Waals surface area contributed by atoms with E-state index in [1.165, 1.54) is 0 Å². The minimum atomic E-state index is 0.282. The highest BCUT2D eigenvalue weighted by Crippen LogP contribution is 2.42. The van der Waals surface area contributed by atoms with Crippen LogP contribution in [-0.4, -0.2) is 12.3 Å². The lowest BCUT2D eigenvalue weighted by atomic mass is 10.1. The number of ether oxygens (including phenoxy) is 1. The lowest BCUT2D eigenvalue weighted by molar-refractivity contribution is 0.414. The van der Waals surface area contributed by atoms with Crippen LogP contribution in [0.25, 0.3) is 21.7 Å². The number of nitrogens with two attached hydrogens (primary N) is 1. The summed E-state index contributed by atoms with van der Waals surface area (Å²) in [4.78, 5) is 0.987. The Morgan fingerprint density at radius 3 is 2.90 bits per heavy atom. The van der Waals surface area contributed by atoms with Crippen molar-refractivity contribution in [2.24, 2.45) is 0 Å². The number of aromatic nitrogens is 1. The van der Waals surface area contributed by atoms with Crippen LogP contribution in [0.5, 0.6) is 5.75 Å². The lowest BCUT2D eigenvalue weighted by Crippen LogP contribution is -1.90. The smallest absolute Gasteiger partial charge is 0.231 e. The first-order valence-corrected chi connectivity index (χ1v) is 7.09. The Bertz CT molecular complexity index is 738. The third-order valence-electron chi connectivity index (χ3n) is 2.90. The Hall–Kier alpha value is -1.98. The monoisotopic (exact) mass is 306 g/mol. The molecule has 2 N–H and O–H groups in total. The first kappa shape index (κ1) is 13.0. The molecule has 0 saturated heterocycles. The number of halogens is 1. The molecule has 0 aliphatic rings. The predicted octanol–water partition coefficient (Wildman–Crippen LogP) is 4.31. The fourth-order valence-corrected chi connectivity index (χ4v) is 2.96. The molecule has 6 heteroatoms. The van der Waals surface area contributed by atoms with Crippen LogP contribution in [0.4, 0.5) is 5.88 Å². The predicted molar refractivity (Wildman–Crippen MR) is 81.2 cm³/mol. The molecule has 4 nitrogen and oxygen atoms in total. The van der Waals surface area contributed by atoms with E-state index in [2.05, 4.69) is 5.16 Å². The largest absolute Gasteiger partial charge is 0.496 e. The number of hydrogen-bond donors (Lipinski definition) is 1. The number of nitrogens with zero attached hydrogens (tertiary/aromatic N) is 1. The molecule has 2 heterocycles. The van der Waals surface area contributed by atoms with Gasteiger partial charge in [-0.1, -0.05) is 22.8 Å².